The summed E-state index contributed by atoms with van der Waals surface area (Å²) < 4.78 is 2.23. The van der Waals surface area contributed by atoms with Crippen LogP contribution < -0.4 is 0 Å². The minimum absolute atomic E-state index is 0.153. The highest BCUT2D eigenvalue weighted by molar-refractivity contribution is 9.12. The lowest BCUT2D eigenvalue weighted by atomic mass is 9.83. The van der Waals surface area contributed by atoms with E-state index in [0.717, 1.165) is 20.4 Å². The van der Waals surface area contributed by atoms with Gasteiger partial charge in [0.1, 0.15) is 0 Å². The van der Waals surface area contributed by atoms with Crippen LogP contribution in [0.2, 0.25) is 0 Å². The molecule has 0 aliphatic carbocycles. The molecule has 0 aromatic carbocycles. The minimum atomic E-state index is -0.726. The van der Waals surface area contributed by atoms with Crippen molar-refractivity contribution in [3.05, 3.63) is 19.2 Å². The fourth-order valence-corrected chi connectivity index (χ4v) is 4.43. The number of carboxylic acid groups (broad SMARTS) is 1. The Kier molecular flexibility index (Phi) is 5.01. The second kappa shape index (κ2) is 5.65. The van der Waals surface area contributed by atoms with Gasteiger partial charge in [0, 0.05) is 0 Å². The van der Waals surface area contributed by atoms with E-state index < -0.39 is 5.97 Å². The molecular formula is C11H14Br2O2S. The molecule has 1 N–H and O–H groups in total. The summed E-state index contributed by atoms with van der Waals surface area (Å²) in [6.45, 7) is 3.99. The van der Waals surface area contributed by atoms with Gasteiger partial charge in [-0.15, -0.1) is 11.3 Å². The Labute approximate surface area is 116 Å². The van der Waals surface area contributed by atoms with Crippen molar-refractivity contribution in [2.45, 2.75) is 33.1 Å². The summed E-state index contributed by atoms with van der Waals surface area (Å²) in [4.78, 5) is 10.7. The summed E-state index contributed by atoms with van der Waals surface area (Å²) in [5.41, 5.74) is 1.09. The first-order chi connectivity index (χ1) is 7.30. The molecule has 1 aromatic heterocycles. The standard InChI is InChI=1S/C11H14Br2O2S/c1-11(2,6-9(14)15)4-3-7-5-8(12)16-10(7)13/h5H,3-4,6H2,1-2H3,(H,14,15). The molecule has 5 heteroatoms. The van der Waals surface area contributed by atoms with E-state index in [0.29, 0.717) is 0 Å². The molecule has 0 radical (unpaired) electrons. The number of hydrogen-bond acceptors (Lipinski definition) is 2. The third-order valence-electron chi connectivity index (χ3n) is 2.43. The zero-order valence-corrected chi connectivity index (χ0v) is 13.2. The van der Waals surface area contributed by atoms with Crippen LogP contribution in [0.1, 0.15) is 32.3 Å². The third-order valence-corrected chi connectivity index (χ3v) is 4.89. The van der Waals surface area contributed by atoms with Gasteiger partial charge in [-0.2, -0.15) is 0 Å². The van der Waals surface area contributed by atoms with Gasteiger partial charge >= 0.3 is 5.97 Å². The average Bonchev–Trinajstić information content (AvgIpc) is 2.39. The molecule has 16 heavy (non-hydrogen) atoms. The molecule has 0 amide bonds. The Balaban J connectivity index is 2.57. The molecule has 1 rings (SSSR count). The van der Waals surface area contributed by atoms with Gasteiger partial charge in [0.25, 0.3) is 0 Å². The van der Waals surface area contributed by atoms with Gasteiger partial charge in [-0.05, 0) is 61.7 Å². The highest BCUT2D eigenvalue weighted by atomic mass is 79.9. The van der Waals surface area contributed by atoms with Gasteiger partial charge < -0.3 is 5.11 Å². The molecule has 0 atom stereocenters. The Bertz CT molecular complexity index is 385. The maximum atomic E-state index is 10.7. The van der Waals surface area contributed by atoms with E-state index in [1.54, 1.807) is 11.3 Å². The number of halogens is 2. The molecular weight excluding hydrogens is 356 g/mol. The quantitative estimate of drug-likeness (QED) is 0.816. The fraction of sp³-hybridized carbons (Fsp3) is 0.545. The van der Waals surface area contributed by atoms with Crippen LogP contribution in [0.25, 0.3) is 0 Å². The van der Waals surface area contributed by atoms with Crippen LogP contribution in [0, 0.1) is 5.41 Å². The maximum Gasteiger partial charge on any atom is 0.303 e. The van der Waals surface area contributed by atoms with Crippen LogP contribution in [-0.2, 0) is 11.2 Å². The molecule has 0 bridgehead atoms. The van der Waals surface area contributed by atoms with Crippen molar-refractivity contribution >= 4 is 49.2 Å². The molecule has 2 nitrogen and oxygen atoms in total. The molecule has 0 fully saturated rings. The molecule has 0 saturated heterocycles. The highest BCUT2D eigenvalue weighted by Crippen LogP contribution is 2.35. The van der Waals surface area contributed by atoms with E-state index in [-0.39, 0.29) is 11.8 Å². The van der Waals surface area contributed by atoms with Crippen molar-refractivity contribution < 1.29 is 9.90 Å². The van der Waals surface area contributed by atoms with Crippen molar-refractivity contribution in [1.29, 1.82) is 0 Å². The first kappa shape index (κ1) is 14.2. The summed E-state index contributed by atoms with van der Waals surface area (Å²) in [5.74, 6) is -0.726. The van der Waals surface area contributed by atoms with E-state index >= 15 is 0 Å². The lowest BCUT2D eigenvalue weighted by Crippen LogP contribution is -2.17. The normalized spacial score (nSPS) is 11.8. The van der Waals surface area contributed by atoms with E-state index in [2.05, 4.69) is 37.9 Å². The molecule has 90 valence electrons. The van der Waals surface area contributed by atoms with Crippen LogP contribution in [0.3, 0.4) is 0 Å². The molecule has 0 aliphatic heterocycles. The van der Waals surface area contributed by atoms with Crippen LogP contribution >= 0.6 is 43.2 Å². The van der Waals surface area contributed by atoms with Crippen LogP contribution in [-0.4, -0.2) is 11.1 Å². The maximum absolute atomic E-state index is 10.7. The summed E-state index contributed by atoms with van der Waals surface area (Å²) >= 11 is 8.60. The average molecular weight is 370 g/mol. The minimum Gasteiger partial charge on any atom is -0.481 e. The number of aliphatic carboxylic acids is 1. The predicted octanol–water partition coefficient (Wildman–Crippen LogP) is 4.71. The van der Waals surface area contributed by atoms with Gasteiger partial charge in [-0.25, -0.2) is 0 Å². The Hall–Kier alpha value is 0.130. The first-order valence-corrected chi connectivity index (χ1v) is 7.36. The molecule has 1 aromatic rings. The second-order valence-corrected chi connectivity index (χ2v) is 8.33. The van der Waals surface area contributed by atoms with E-state index in [1.165, 1.54) is 5.56 Å². The molecule has 0 spiro atoms. The van der Waals surface area contributed by atoms with Crippen molar-refractivity contribution in [3.63, 3.8) is 0 Å². The van der Waals surface area contributed by atoms with Gasteiger partial charge in [-0.1, -0.05) is 13.8 Å². The monoisotopic (exact) mass is 368 g/mol. The summed E-state index contributed by atoms with van der Waals surface area (Å²) in [6.07, 6.45) is 2.00. The van der Waals surface area contributed by atoms with Gasteiger partial charge in [0.05, 0.1) is 14.0 Å². The zero-order chi connectivity index (χ0) is 12.3. The summed E-state index contributed by atoms with van der Waals surface area (Å²) in [7, 11) is 0. The Morgan fingerprint density at radius 1 is 1.50 bits per heavy atom. The third kappa shape index (κ3) is 4.55. The van der Waals surface area contributed by atoms with Crippen molar-refractivity contribution in [2.75, 3.05) is 0 Å². The predicted molar refractivity (Wildman–Crippen MR) is 74.1 cm³/mol. The number of thiophene rings is 1. The summed E-state index contributed by atoms with van der Waals surface area (Å²) in [6, 6.07) is 2.09. The molecule has 0 unspecified atom stereocenters. The van der Waals surface area contributed by atoms with E-state index in [4.69, 9.17) is 5.11 Å². The Morgan fingerprint density at radius 2 is 2.12 bits per heavy atom. The summed E-state index contributed by atoms with van der Waals surface area (Å²) in [5, 5.41) is 8.79. The topological polar surface area (TPSA) is 37.3 Å². The highest BCUT2D eigenvalue weighted by Gasteiger charge is 2.22. The number of hydrogen-bond donors (Lipinski definition) is 1. The largest absolute Gasteiger partial charge is 0.481 e. The van der Waals surface area contributed by atoms with Crippen LogP contribution in [0.4, 0.5) is 0 Å². The van der Waals surface area contributed by atoms with Crippen LogP contribution in [0.5, 0.6) is 0 Å². The molecule has 1 heterocycles. The number of carbonyl (C=O) groups is 1. The fourth-order valence-electron chi connectivity index (χ4n) is 1.52. The number of rotatable bonds is 5. The van der Waals surface area contributed by atoms with Gasteiger partial charge in [0.15, 0.2) is 0 Å². The first-order valence-electron chi connectivity index (χ1n) is 4.96. The second-order valence-electron chi connectivity index (χ2n) is 4.58. The van der Waals surface area contributed by atoms with Gasteiger partial charge in [0.2, 0.25) is 0 Å². The van der Waals surface area contributed by atoms with Crippen molar-refractivity contribution in [1.82, 2.24) is 0 Å². The SMILES string of the molecule is CC(C)(CCc1cc(Br)sc1Br)CC(=O)O. The van der Waals surface area contributed by atoms with Crippen molar-refractivity contribution in [3.8, 4) is 0 Å². The lowest BCUT2D eigenvalue weighted by molar-refractivity contribution is -0.139. The van der Waals surface area contributed by atoms with E-state index in [1.807, 2.05) is 13.8 Å². The van der Waals surface area contributed by atoms with Crippen LogP contribution in [0.15, 0.2) is 13.6 Å². The van der Waals surface area contributed by atoms with Gasteiger partial charge in [-0.3, -0.25) is 4.79 Å². The molecule has 0 saturated carbocycles. The zero-order valence-electron chi connectivity index (χ0n) is 9.22. The lowest BCUT2D eigenvalue weighted by Gasteiger charge is -2.21. The van der Waals surface area contributed by atoms with E-state index in [9.17, 15) is 4.79 Å². The number of carboxylic acids is 1. The van der Waals surface area contributed by atoms with Crippen molar-refractivity contribution in [2.24, 2.45) is 5.41 Å². The number of aryl methyl sites for hydroxylation is 1. The Morgan fingerprint density at radius 3 is 2.56 bits per heavy atom. The smallest absolute Gasteiger partial charge is 0.303 e. The molecule has 0 aliphatic rings.